The maximum absolute atomic E-state index is 12.2. The quantitative estimate of drug-likeness (QED) is 0.806. The fourth-order valence-corrected chi connectivity index (χ4v) is 2.33. The van der Waals surface area contributed by atoms with Crippen molar-refractivity contribution in [3.05, 3.63) is 0 Å². The van der Waals surface area contributed by atoms with Crippen molar-refractivity contribution >= 4 is 12.0 Å². The zero-order valence-electron chi connectivity index (χ0n) is 12.9. The molecular weight excluding hydrogens is 260 g/mol. The number of hydrogen-bond donors (Lipinski definition) is 2. The molecule has 0 spiro atoms. The Morgan fingerprint density at radius 1 is 1.35 bits per heavy atom. The molecule has 1 saturated heterocycles. The van der Waals surface area contributed by atoms with Gasteiger partial charge >= 0.3 is 12.0 Å². The van der Waals surface area contributed by atoms with E-state index in [1.807, 2.05) is 0 Å². The second kappa shape index (κ2) is 6.43. The van der Waals surface area contributed by atoms with Crippen molar-refractivity contribution in [2.75, 3.05) is 26.3 Å². The summed E-state index contributed by atoms with van der Waals surface area (Å²) in [5.41, 5.74) is -1.18. The molecule has 0 aromatic heterocycles. The molecule has 0 radical (unpaired) electrons. The van der Waals surface area contributed by atoms with Crippen LogP contribution >= 0.6 is 0 Å². The standard InChI is InChI=1S/C14H26N2O4/c1-5-16(13(2,3)11(17)18)12(19)15-10-14(4)6-8-20-9-7-14/h5-10H2,1-4H3,(H,15,19)(H,17,18). The highest BCUT2D eigenvalue weighted by Gasteiger charge is 2.37. The molecule has 0 aromatic rings. The van der Waals surface area contributed by atoms with E-state index in [1.54, 1.807) is 6.92 Å². The van der Waals surface area contributed by atoms with Crippen molar-refractivity contribution in [2.24, 2.45) is 5.41 Å². The second-order valence-corrected chi connectivity index (χ2v) is 6.19. The van der Waals surface area contributed by atoms with Gasteiger partial charge in [-0.3, -0.25) is 0 Å². The van der Waals surface area contributed by atoms with Crippen LogP contribution in [0.1, 0.15) is 40.5 Å². The maximum Gasteiger partial charge on any atom is 0.329 e. The molecule has 1 aliphatic rings. The largest absolute Gasteiger partial charge is 0.480 e. The van der Waals surface area contributed by atoms with Crippen molar-refractivity contribution in [3.63, 3.8) is 0 Å². The number of aliphatic carboxylic acids is 1. The van der Waals surface area contributed by atoms with Crippen LogP contribution in [0.5, 0.6) is 0 Å². The van der Waals surface area contributed by atoms with Gasteiger partial charge in [0.05, 0.1) is 0 Å². The lowest BCUT2D eigenvalue weighted by Gasteiger charge is -2.37. The summed E-state index contributed by atoms with van der Waals surface area (Å²) in [5.74, 6) is -1.01. The molecule has 20 heavy (non-hydrogen) atoms. The molecule has 2 amide bonds. The fraction of sp³-hybridized carbons (Fsp3) is 0.857. The summed E-state index contributed by atoms with van der Waals surface area (Å²) in [5, 5.41) is 12.1. The molecule has 1 heterocycles. The van der Waals surface area contributed by atoms with E-state index >= 15 is 0 Å². The van der Waals surface area contributed by atoms with Crippen LogP contribution in [0.15, 0.2) is 0 Å². The Morgan fingerprint density at radius 2 is 1.90 bits per heavy atom. The molecule has 1 aliphatic heterocycles. The van der Waals surface area contributed by atoms with Crippen molar-refractivity contribution in [1.82, 2.24) is 10.2 Å². The topological polar surface area (TPSA) is 78.9 Å². The monoisotopic (exact) mass is 286 g/mol. The Labute approximate surface area is 120 Å². The van der Waals surface area contributed by atoms with Gasteiger partial charge in [0, 0.05) is 26.3 Å². The summed E-state index contributed by atoms with van der Waals surface area (Å²) in [6, 6.07) is -0.326. The Hall–Kier alpha value is -1.30. The van der Waals surface area contributed by atoms with Crippen LogP contribution in [0, 0.1) is 5.41 Å². The van der Waals surface area contributed by atoms with Crippen LogP contribution in [0.3, 0.4) is 0 Å². The van der Waals surface area contributed by atoms with Crippen molar-refractivity contribution in [3.8, 4) is 0 Å². The van der Waals surface area contributed by atoms with Gasteiger partial charge in [0.15, 0.2) is 0 Å². The Balaban J connectivity index is 2.62. The lowest BCUT2D eigenvalue weighted by molar-refractivity contribution is -0.147. The van der Waals surface area contributed by atoms with Crippen LogP contribution in [-0.2, 0) is 9.53 Å². The number of carbonyl (C=O) groups is 2. The van der Waals surface area contributed by atoms with Crippen LogP contribution in [0.2, 0.25) is 0 Å². The summed E-state index contributed by atoms with van der Waals surface area (Å²) in [7, 11) is 0. The van der Waals surface area contributed by atoms with Gasteiger partial charge in [0.1, 0.15) is 5.54 Å². The van der Waals surface area contributed by atoms with Crippen LogP contribution in [-0.4, -0.2) is 53.8 Å². The van der Waals surface area contributed by atoms with E-state index in [9.17, 15) is 14.7 Å². The van der Waals surface area contributed by atoms with Gasteiger partial charge in [-0.05, 0) is 39.0 Å². The van der Waals surface area contributed by atoms with E-state index in [4.69, 9.17) is 4.74 Å². The van der Waals surface area contributed by atoms with Gasteiger partial charge in [0.25, 0.3) is 0 Å². The first-order valence-electron chi connectivity index (χ1n) is 7.09. The van der Waals surface area contributed by atoms with Crippen molar-refractivity contribution < 1.29 is 19.4 Å². The number of amides is 2. The van der Waals surface area contributed by atoms with Crippen molar-refractivity contribution in [1.29, 1.82) is 0 Å². The van der Waals surface area contributed by atoms with E-state index in [-0.39, 0.29) is 11.4 Å². The first kappa shape index (κ1) is 16.8. The van der Waals surface area contributed by atoms with Crippen LogP contribution in [0.25, 0.3) is 0 Å². The van der Waals surface area contributed by atoms with Crippen LogP contribution in [0.4, 0.5) is 4.79 Å². The van der Waals surface area contributed by atoms with Gasteiger partial charge in [-0.25, -0.2) is 9.59 Å². The minimum Gasteiger partial charge on any atom is -0.480 e. The summed E-state index contributed by atoms with van der Waals surface area (Å²) >= 11 is 0. The first-order chi connectivity index (χ1) is 9.23. The predicted molar refractivity (Wildman–Crippen MR) is 75.7 cm³/mol. The SMILES string of the molecule is CCN(C(=O)NCC1(C)CCOCC1)C(C)(C)C(=O)O. The van der Waals surface area contributed by atoms with Crippen molar-refractivity contribution in [2.45, 2.75) is 46.1 Å². The zero-order chi connectivity index (χ0) is 15.4. The number of nitrogens with one attached hydrogen (secondary N) is 1. The minimum atomic E-state index is -1.21. The average molecular weight is 286 g/mol. The molecule has 0 bridgehead atoms. The van der Waals surface area contributed by atoms with Gasteiger partial charge in [-0.2, -0.15) is 0 Å². The molecule has 6 nitrogen and oxygen atoms in total. The molecule has 1 fully saturated rings. The molecular formula is C14H26N2O4. The number of likely N-dealkylation sites (N-methyl/N-ethyl adjacent to an activating group) is 1. The average Bonchev–Trinajstić information content (AvgIpc) is 2.38. The minimum absolute atomic E-state index is 0.0285. The highest BCUT2D eigenvalue weighted by atomic mass is 16.5. The fourth-order valence-electron chi connectivity index (χ4n) is 2.33. The Kier molecular flexibility index (Phi) is 5.39. The van der Waals surface area contributed by atoms with E-state index in [0.717, 1.165) is 12.8 Å². The molecule has 0 aromatic carbocycles. The summed E-state index contributed by atoms with van der Waals surface area (Å²) < 4.78 is 5.33. The molecule has 1 rings (SSSR count). The van der Waals surface area contributed by atoms with Gasteiger partial charge < -0.3 is 20.1 Å². The molecule has 0 atom stereocenters. The zero-order valence-corrected chi connectivity index (χ0v) is 12.9. The number of rotatable bonds is 5. The highest BCUT2D eigenvalue weighted by molar-refractivity contribution is 5.85. The maximum atomic E-state index is 12.2. The highest BCUT2D eigenvalue weighted by Crippen LogP contribution is 2.28. The molecule has 0 unspecified atom stereocenters. The molecule has 116 valence electrons. The predicted octanol–water partition coefficient (Wildman–Crippen LogP) is 1.70. The summed E-state index contributed by atoms with van der Waals surface area (Å²) in [4.78, 5) is 24.8. The van der Waals surface area contributed by atoms with Gasteiger partial charge in [0.2, 0.25) is 0 Å². The molecule has 0 aliphatic carbocycles. The van der Waals surface area contributed by atoms with E-state index < -0.39 is 11.5 Å². The second-order valence-electron chi connectivity index (χ2n) is 6.19. The van der Waals surface area contributed by atoms with E-state index in [2.05, 4.69) is 12.2 Å². The Morgan fingerprint density at radius 3 is 2.35 bits per heavy atom. The third-order valence-electron chi connectivity index (χ3n) is 4.13. The lowest BCUT2D eigenvalue weighted by atomic mass is 9.82. The lowest BCUT2D eigenvalue weighted by Crippen LogP contribution is -2.57. The smallest absolute Gasteiger partial charge is 0.329 e. The Bertz CT molecular complexity index is 362. The third kappa shape index (κ3) is 3.85. The van der Waals surface area contributed by atoms with Gasteiger partial charge in [-0.1, -0.05) is 6.92 Å². The van der Waals surface area contributed by atoms with Crippen LogP contribution < -0.4 is 5.32 Å². The number of carbonyl (C=O) groups excluding carboxylic acids is 1. The number of hydrogen-bond acceptors (Lipinski definition) is 3. The third-order valence-corrected chi connectivity index (χ3v) is 4.13. The molecule has 0 saturated carbocycles. The number of carboxylic acids is 1. The summed E-state index contributed by atoms with van der Waals surface area (Å²) in [6.45, 7) is 9.29. The first-order valence-corrected chi connectivity index (χ1v) is 7.09. The normalized spacial score (nSPS) is 18.4. The number of ether oxygens (including phenoxy) is 1. The molecule has 2 N–H and O–H groups in total. The van der Waals surface area contributed by atoms with Gasteiger partial charge in [-0.15, -0.1) is 0 Å². The molecule has 6 heteroatoms. The number of nitrogens with zero attached hydrogens (tertiary/aromatic N) is 1. The number of urea groups is 1. The van der Waals surface area contributed by atoms with E-state index in [1.165, 1.54) is 18.7 Å². The number of carboxylic acid groups (broad SMARTS) is 1. The summed E-state index contributed by atoms with van der Waals surface area (Å²) in [6.07, 6.45) is 1.81. The van der Waals surface area contributed by atoms with E-state index in [0.29, 0.717) is 26.3 Å².